The lowest BCUT2D eigenvalue weighted by atomic mass is 9.90. The lowest BCUT2D eigenvalue weighted by Gasteiger charge is -2.22. The molecule has 0 radical (unpaired) electrons. The molecule has 374 valence electrons. The molecule has 0 aromatic heterocycles. The highest BCUT2D eigenvalue weighted by Crippen LogP contribution is 2.44. The van der Waals surface area contributed by atoms with Crippen LogP contribution in [0.15, 0.2) is 124 Å². The van der Waals surface area contributed by atoms with E-state index in [1.807, 2.05) is 0 Å². The third kappa shape index (κ3) is 11.8. The van der Waals surface area contributed by atoms with Gasteiger partial charge in [0.2, 0.25) is 0 Å². The molecule has 0 saturated carbocycles. The standard InChI is InChI=1S/C39H35N3O22S6/c1-42(12-4-7-37(43)44)39(45)26-6-3-2-5-25(26)38-27-15-35(69(58,59)60)29(40-19-21-8-10-23(65(46,47)48)13-33(21)67(52,53)54)17-31(27)64-32-18-30(36(16-28(32)38)70(61,62)63)41-20-22-9-11-24(66(49,50)51)14-34(22)68(55,56)57/h2-3,5-6,8-11,13-18,40H,4,7,12,19-20H2,1H3,(H,43,44)(H,46,47,48)(H,49,50,51)(H,52,53,54)(H,55,56,57)(H,58,59,60)(H,61,62,63)/b41-30+. The molecular formula is C39H35N3O22S6. The number of rotatable bonds is 17. The maximum absolute atomic E-state index is 14.1. The summed E-state index contributed by atoms with van der Waals surface area (Å²) in [5.41, 5.74) is -2.62. The van der Waals surface area contributed by atoms with E-state index in [0.29, 0.717) is 12.1 Å². The molecule has 0 bridgehead atoms. The summed E-state index contributed by atoms with van der Waals surface area (Å²) >= 11 is 0. The zero-order valence-corrected chi connectivity index (χ0v) is 40.1. The molecule has 2 aliphatic rings. The second-order valence-electron chi connectivity index (χ2n) is 15.0. The number of nitrogens with zero attached hydrogens (tertiary/aromatic N) is 2. The van der Waals surface area contributed by atoms with Gasteiger partial charge in [0.15, 0.2) is 0 Å². The van der Waals surface area contributed by atoms with E-state index < -0.39 is 137 Å². The maximum atomic E-state index is 14.1. The number of carbonyl (C=O) groups excluding carboxylic acids is 1. The molecule has 0 saturated heterocycles. The van der Waals surface area contributed by atoms with Gasteiger partial charge in [-0.3, -0.25) is 41.9 Å². The maximum Gasteiger partial charge on any atom is 0.303 e. The molecule has 0 spiro atoms. The molecule has 0 atom stereocenters. The van der Waals surface area contributed by atoms with Gasteiger partial charge in [0.25, 0.3) is 66.6 Å². The Hall–Kier alpha value is -6.23. The molecule has 1 amide bonds. The molecule has 4 aromatic carbocycles. The Kier molecular flexibility index (Phi) is 14.6. The van der Waals surface area contributed by atoms with Crippen LogP contribution >= 0.6 is 0 Å². The van der Waals surface area contributed by atoms with Crippen LogP contribution in [0.3, 0.4) is 0 Å². The zero-order chi connectivity index (χ0) is 52.1. The molecule has 31 heteroatoms. The van der Waals surface area contributed by atoms with Crippen LogP contribution in [0.25, 0.3) is 33.4 Å². The largest absolute Gasteiger partial charge is 0.481 e. The van der Waals surface area contributed by atoms with Gasteiger partial charge in [-0.2, -0.15) is 50.5 Å². The molecule has 0 fully saturated rings. The van der Waals surface area contributed by atoms with Crippen LogP contribution in [0.4, 0.5) is 5.69 Å². The van der Waals surface area contributed by atoms with Gasteiger partial charge in [-0.05, 0) is 65.6 Å². The third-order valence-corrected chi connectivity index (χ3v) is 15.6. The lowest BCUT2D eigenvalue weighted by molar-refractivity contribution is -0.137. The molecule has 25 nitrogen and oxygen atoms in total. The molecule has 8 N–H and O–H groups in total. The van der Waals surface area contributed by atoms with Crippen molar-refractivity contribution in [1.82, 2.24) is 4.90 Å². The number of hydrogen-bond donors (Lipinski definition) is 8. The first-order valence-electron chi connectivity index (χ1n) is 19.2. The summed E-state index contributed by atoms with van der Waals surface area (Å²) in [4.78, 5) is 24.5. The molecule has 1 heterocycles. The monoisotopic (exact) mass is 1090 g/mol. The van der Waals surface area contributed by atoms with E-state index in [-0.39, 0.29) is 58.4 Å². The highest BCUT2D eigenvalue weighted by atomic mass is 32.2. The highest BCUT2D eigenvalue weighted by Gasteiger charge is 2.30. The van der Waals surface area contributed by atoms with Gasteiger partial charge in [-0.25, -0.2) is 0 Å². The summed E-state index contributed by atoms with van der Waals surface area (Å²) in [6, 6.07) is 12.8. The van der Waals surface area contributed by atoms with Gasteiger partial charge in [0, 0.05) is 60.8 Å². The van der Waals surface area contributed by atoms with Gasteiger partial charge >= 0.3 is 5.97 Å². The molecule has 70 heavy (non-hydrogen) atoms. The fourth-order valence-corrected chi connectivity index (χ4v) is 11.1. The van der Waals surface area contributed by atoms with Crippen molar-refractivity contribution in [2.75, 3.05) is 18.9 Å². The van der Waals surface area contributed by atoms with Gasteiger partial charge in [-0.1, -0.05) is 30.3 Å². The van der Waals surface area contributed by atoms with Gasteiger partial charge in [0.1, 0.15) is 30.9 Å². The normalized spacial score (nSPS) is 13.2. The van der Waals surface area contributed by atoms with Crippen LogP contribution in [-0.2, 0) is 78.6 Å². The van der Waals surface area contributed by atoms with E-state index in [4.69, 9.17) is 9.52 Å². The number of benzene rings is 5. The number of hydrogen-bond acceptors (Lipinski definition) is 17. The average Bonchev–Trinajstić information content (AvgIpc) is 3.23. The number of carboxylic acids is 1. The van der Waals surface area contributed by atoms with Crippen molar-refractivity contribution in [3.8, 4) is 22.5 Å². The summed E-state index contributed by atoms with van der Waals surface area (Å²) < 4.78 is 215. The first-order valence-corrected chi connectivity index (χ1v) is 27.8. The number of aliphatic carboxylic acids is 1. The Morgan fingerprint density at radius 1 is 0.614 bits per heavy atom. The van der Waals surface area contributed by atoms with Crippen molar-refractivity contribution >= 4 is 89.2 Å². The van der Waals surface area contributed by atoms with Crippen LogP contribution in [0.2, 0.25) is 0 Å². The lowest BCUT2D eigenvalue weighted by Crippen LogP contribution is -2.28. The fraction of sp³-hybridized carbons (Fsp3) is 0.154. The molecule has 6 rings (SSSR count). The summed E-state index contributed by atoms with van der Waals surface area (Å²) in [6.45, 7) is -1.75. The predicted molar refractivity (Wildman–Crippen MR) is 240 cm³/mol. The van der Waals surface area contributed by atoms with Crippen LogP contribution in [-0.4, -0.2) is 113 Å². The first-order chi connectivity index (χ1) is 32.2. The van der Waals surface area contributed by atoms with Gasteiger partial charge in [-0.15, -0.1) is 0 Å². The van der Waals surface area contributed by atoms with Gasteiger partial charge < -0.3 is 19.7 Å². The smallest absolute Gasteiger partial charge is 0.303 e. The number of nitrogens with one attached hydrogen (secondary N) is 1. The Bertz CT molecular complexity index is 3910. The first kappa shape index (κ1) is 53.1. The van der Waals surface area contributed by atoms with Crippen molar-refractivity contribution in [2.45, 2.75) is 55.3 Å². The zero-order valence-electron chi connectivity index (χ0n) is 35.2. The average molecular weight is 1090 g/mol. The topological polar surface area (TPSA) is 421 Å². The van der Waals surface area contributed by atoms with Crippen LogP contribution in [0, 0.1) is 0 Å². The van der Waals surface area contributed by atoms with Crippen LogP contribution < -0.4 is 10.7 Å². The minimum atomic E-state index is -5.39. The Morgan fingerprint density at radius 2 is 1.16 bits per heavy atom. The van der Waals surface area contributed by atoms with E-state index in [1.165, 1.54) is 31.3 Å². The van der Waals surface area contributed by atoms with E-state index in [0.717, 1.165) is 53.4 Å². The molecule has 4 aromatic rings. The van der Waals surface area contributed by atoms with Crippen molar-refractivity contribution in [3.63, 3.8) is 0 Å². The van der Waals surface area contributed by atoms with Crippen molar-refractivity contribution in [2.24, 2.45) is 4.99 Å². The minimum Gasteiger partial charge on any atom is -0.481 e. The SMILES string of the molecule is CN(CCCC(=O)O)C(=O)c1ccccc1-c1c2cc(S(=O)(=O)O)/c(=N/Cc3ccc(S(=O)(=O)O)cc3S(=O)(=O)O)cc-2oc2cc(NCc3ccc(S(=O)(=O)O)cc3S(=O)(=O)O)c(S(=O)(=O)O)cc12. The third-order valence-electron chi connectivity index (χ3n) is 10.2. The molecule has 1 aliphatic carbocycles. The molecule has 1 aliphatic heterocycles. The second kappa shape index (κ2) is 19.2. The quantitative estimate of drug-likeness (QED) is 0.0479. The van der Waals surface area contributed by atoms with E-state index in [1.54, 1.807) is 0 Å². The summed E-state index contributed by atoms with van der Waals surface area (Å²) in [5.74, 6) is -2.29. The Morgan fingerprint density at radius 3 is 1.70 bits per heavy atom. The van der Waals surface area contributed by atoms with Crippen LogP contribution in [0.1, 0.15) is 34.3 Å². The Balaban J connectivity index is 1.68. The fourth-order valence-electron chi connectivity index (χ4n) is 7.07. The van der Waals surface area contributed by atoms with E-state index in [9.17, 15) is 87.4 Å². The predicted octanol–water partition coefficient (Wildman–Crippen LogP) is 3.33. The number of amides is 1. The number of carboxylic acid groups (broad SMARTS) is 1. The summed E-state index contributed by atoms with van der Waals surface area (Å²) in [6.07, 6.45) is -0.324. The number of carbonyl (C=O) groups is 2. The number of fused-ring (bicyclic) bond motifs is 2. The Labute approximate surface area is 397 Å². The molecular weight excluding hydrogens is 1050 g/mol. The van der Waals surface area contributed by atoms with Gasteiger partial charge in [0.05, 0.1) is 27.4 Å². The van der Waals surface area contributed by atoms with Crippen molar-refractivity contribution < 1.29 is 96.9 Å². The minimum absolute atomic E-state index is 0.000124. The van der Waals surface area contributed by atoms with E-state index in [2.05, 4.69) is 10.3 Å². The van der Waals surface area contributed by atoms with Crippen molar-refractivity contribution in [1.29, 1.82) is 0 Å². The number of anilines is 1. The summed E-state index contributed by atoms with van der Waals surface area (Å²) in [5, 5.41) is 10.7. The molecule has 0 unspecified atom stereocenters. The highest BCUT2D eigenvalue weighted by molar-refractivity contribution is 7.87. The van der Waals surface area contributed by atoms with E-state index >= 15 is 0 Å². The van der Waals surface area contributed by atoms with Crippen LogP contribution in [0.5, 0.6) is 0 Å². The summed E-state index contributed by atoms with van der Waals surface area (Å²) in [7, 11) is -30.0. The second-order valence-corrected chi connectivity index (χ2v) is 23.4. The van der Waals surface area contributed by atoms with Crippen molar-refractivity contribution in [3.05, 3.63) is 107 Å².